The average Bonchev–Trinajstić information content (AvgIpc) is 3.12. The van der Waals surface area contributed by atoms with Crippen LogP contribution in [0.5, 0.6) is 11.5 Å². The molecule has 0 heterocycles. The predicted molar refractivity (Wildman–Crippen MR) is 188 cm³/mol. The van der Waals surface area contributed by atoms with E-state index in [0.29, 0.717) is 22.5 Å². The van der Waals surface area contributed by atoms with Gasteiger partial charge in [0.05, 0.1) is 0 Å². The minimum atomic E-state index is -1.16. The summed E-state index contributed by atoms with van der Waals surface area (Å²) in [5, 5.41) is 0. The van der Waals surface area contributed by atoms with Crippen LogP contribution in [0, 0.1) is 0 Å². The normalized spacial score (nSPS) is 11.6. The first kappa shape index (κ1) is 30.8. The van der Waals surface area contributed by atoms with Gasteiger partial charge < -0.3 is 14.2 Å². The van der Waals surface area contributed by atoms with Crippen LogP contribution in [0.25, 0.3) is 0 Å². The molecule has 224 valence electrons. The number of para-hydroxylation sites is 2. The van der Waals surface area contributed by atoms with Crippen molar-refractivity contribution in [1.82, 2.24) is 0 Å². The van der Waals surface area contributed by atoms with Crippen molar-refractivity contribution in [3.63, 3.8) is 0 Å². The van der Waals surface area contributed by atoms with E-state index < -0.39 is 11.2 Å². The van der Waals surface area contributed by atoms with Crippen molar-refractivity contribution in [2.75, 3.05) is 11.0 Å². The molecular formula is C40H32Br2O3. The lowest BCUT2D eigenvalue weighted by Gasteiger charge is -2.46. The zero-order valence-corrected chi connectivity index (χ0v) is 27.7. The summed E-state index contributed by atoms with van der Waals surface area (Å²) in [7, 11) is 0. The lowest BCUT2D eigenvalue weighted by atomic mass is 9.75. The van der Waals surface area contributed by atoms with Gasteiger partial charge in [-0.15, -0.1) is 0 Å². The van der Waals surface area contributed by atoms with Gasteiger partial charge in [-0.25, -0.2) is 0 Å². The third-order valence-corrected chi connectivity index (χ3v) is 8.44. The van der Waals surface area contributed by atoms with Gasteiger partial charge in [-0.2, -0.15) is 0 Å². The molecule has 6 rings (SSSR count). The predicted octanol–water partition coefficient (Wildman–Crippen LogP) is 10.4. The van der Waals surface area contributed by atoms with Gasteiger partial charge >= 0.3 is 0 Å². The molecule has 0 N–H and O–H groups in total. The highest BCUT2D eigenvalue weighted by molar-refractivity contribution is 9.09. The Morgan fingerprint density at radius 1 is 0.356 bits per heavy atom. The van der Waals surface area contributed by atoms with E-state index in [9.17, 15) is 0 Å². The van der Waals surface area contributed by atoms with Gasteiger partial charge in [0, 0.05) is 11.1 Å². The third kappa shape index (κ3) is 5.96. The summed E-state index contributed by atoms with van der Waals surface area (Å²) in [5.74, 6) is 1.42. The maximum absolute atomic E-state index is 8.13. The maximum Gasteiger partial charge on any atom is 0.149 e. The van der Waals surface area contributed by atoms with Gasteiger partial charge in [-0.1, -0.05) is 158 Å². The Hall–Kier alpha value is -4.16. The van der Waals surface area contributed by atoms with Crippen LogP contribution in [-0.2, 0) is 15.9 Å². The smallest absolute Gasteiger partial charge is 0.149 e. The quantitative estimate of drug-likeness (QED) is 0.0931. The molecule has 0 aliphatic rings. The van der Waals surface area contributed by atoms with Gasteiger partial charge in [-0.05, 0) is 66.2 Å². The molecular weight excluding hydrogens is 688 g/mol. The molecule has 0 radical (unpaired) electrons. The van der Waals surface area contributed by atoms with Crippen molar-refractivity contribution in [3.8, 4) is 11.5 Å². The Bertz CT molecular complexity index is 1580. The largest absolute Gasteiger partial charge is 0.482 e. The first-order valence-electron chi connectivity index (χ1n) is 14.7. The van der Waals surface area contributed by atoms with E-state index in [-0.39, 0.29) is 0 Å². The molecule has 0 aliphatic heterocycles. The lowest BCUT2D eigenvalue weighted by Crippen LogP contribution is -2.45. The Balaban J connectivity index is 1.81. The minimum absolute atomic E-state index is 0.327. The number of hydrogen-bond donors (Lipinski definition) is 0. The highest BCUT2D eigenvalue weighted by Crippen LogP contribution is 2.54. The molecule has 3 nitrogen and oxygen atoms in total. The van der Waals surface area contributed by atoms with Crippen LogP contribution in [0.2, 0.25) is 0 Å². The number of benzene rings is 6. The fraction of sp³-hybridized carbons (Fsp3) is 0.100. The standard InChI is InChI=1S/C40H32Br2O3/c41-29-43-37-27-15-13-25-35(37)39(31-17-5-1-6-18-31,32-19-7-2-8-20-32)45-40(33-21-9-3-10-22-33,34-23-11-4-12-24-34)36-26-14-16-28-38(36)44-30-42/h1-28H,29-30H2. The fourth-order valence-electron chi connectivity index (χ4n) is 6.11. The number of hydrogen-bond acceptors (Lipinski definition) is 3. The van der Waals surface area contributed by atoms with Crippen LogP contribution in [0.4, 0.5) is 0 Å². The van der Waals surface area contributed by atoms with Crippen molar-refractivity contribution in [1.29, 1.82) is 0 Å². The first-order valence-corrected chi connectivity index (χ1v) is 17.0. The molecule has 0 aliphatic carbocycles. The van der Waals surface area contributed by atoms with E-state index in [1.807, 2.05) is 60.7 Å². The van der Waals surface area contributed by atoms with Crippen LogP contribution in [0.1, 0.15) is 33.4 Å². The summed E-state index contributed by atoms with van der Waals surface area (Å²) in [5.41, 5.74) is 3.90. The van der Waals surface area contributed by atoms with Crippen LogP contribution >= 0.6 is 31.9 Å². The molecule has 6 aromatic rings. The van der Waals surface area contributed by atoms with E-state index in [1.54, 1.807) is 0 Å². The zero-order chi connectivity index (χ0) is 31.0. The van der Waals surface area contributed by atoms with E-state index in [4.69, 9.17) is 14.2 Å². The summed E-state index contributed by atoms with van der Waals surface area (Å²) in [6.07, 6.45) is 0. The topological polar surface area (TPSA) is 27.7 Å². The highest BCUT2D eigenvalue weighted by Gasteiger charge is 2.51. The molecule has 6 aromatic carbocycles. The summed E-state index contributed by atoms with van der Waals surface area (Å²) in [4.78, 5) is 0. The summed E-state index contributed by atoms with van der Waals surface area (Å²) >= 11 is 7.03. The van der Waals surface area contributed by atoms with Crippen molar-refractivity contribution >= 4 is 31.9 Å². The number of rotatable bonds is 12. The molecule has 0 atom stereocenters. The van der Waals surface area contributed by atoms with Gasteiger partial charge in [0.1, 0.15) is 33.7 Å². The molecule has 0 fully saturated rings. The monoisotopic (exact) mass is 718 g/mol. The minimum Gasteiger partial charge on any atom is -0.482 e. The average molecular weight is 721 g/mol. The number of halogens is 2. The molecule has 0 bridgehead atoms. The van der Waals surface area contributed by atoms with E-state index >= 15 is 0 Å². The molecule has 5 heteroatoms. The van der Waals surface area contributed by atoms with E-state index in [0.717, 1.165) is 33.4 Å². The molecule has 0 amide bonds. The van der Waals surface area contributed by atoms with Crippen LogP contribution < -0.4 is 9.47 Å². The van der Waals surface area contributed by atoms with Gasteiger partial charge in [0.2, 0.25) is 0 Å². The molecule has 45 heavy (non-hydrogen) atoms. The van der Waals surface area contributed by atoms with Crippen molar-refractivity contribution in [2.24, 2.45) is 0 Å². The SMILES string of the molecule is BrCOc1ccccc1C(OC(c1ccccc1)(c1ccccc1)c1ccccc1OCBr)(c1ccccc1)c1ccccc1. The van der Waals surface area contributed by atoms with Crippen LogP contribution in [0.3, 0.4) is 0 Å². The lowest BCUT2D eigenvalue weighted by molar-refractivity contribution is -0.0827. The second-order valence-corrected chi connectivity index (χ2v) is 11.3. The zero-order valence-electron chi connectivity index (χ0n) is 24.6. The highest BCUT2D eigenvalue weighted by atomic mass is 79.9. The van der Waals surface area contributed by atoms with Gasteiger partial charge in [-0.3, -0.25) is 0 Å². The van der Waals surface area contributed by atoms with Crippen LogP contribution in [0.15, 0.2) is 170 Å². The van der Waals surface area contributed by atoms with Gasteiger partial charge in [0.25, 0.3) is 0 Å². The second kappa shape index (κ2) is 14.3. The summed E-state index contributed by atoms with van der Waals surface area (Å²) in [6.45, 7) is 0. The van der Waals surface area contributed by atoms with Crippen molar-refractivity contribution < 1.29 is 14.2 Å². The molecule has 0 saturated carbocycles. The molecule has 0 aromatic heterocycles. The Kier molecular flexibility index (Phi) is 9.80. The molecule has 0 saturated heterocycles. The van der Waals surface area contributed by atoms with E-state index in [1.165, 1.54) is 0 Å². The van der Waals surface area contributed by atoms with Crippen LogP contribution in [-0.4, -0.2) is 11.0 Å². The fourth-order valence-corrected chi connectivity index (χ4v) is 6.60. The maximum atomic E-state index is 8.13. The Morgan fingerprint density at radius 2 is 0.622 bits per heavy atom. The van der Waals surface area contributed by atoms with Crippen molar-refractivity contribution in [2.45, 2.75) is 11.2 Å². The van der Waals surface area contributed by atoms with E-state index in [2.05, 4.69) is 141 Å². The Morgan fingerprint density at radius 3 is 0.911 bits per heavy atom. The molecule has 0 unspecified atom stereocenters. The van der Waals surface area contributed by atoms with Crippen molar-refractivity contribution in [3.05, 3.63) is 203 Å². The first-order chi connectivity index (χ1) is 22.2. The number of ether oxygens (including phenoxy) is 3. The second-order valence-electron chi connectivity index (χ2n) is 10.4. The third-order valence-electron chi connectivity index (χ3n) is 7.98. The molecule has 0 spiro atoms. The number of alkyl halides is 2. The summed E-state index contributed by atoms with van der Waals surface area (Å²) in [6, 6.07) is 57.8. The van der Waals surface area contributed by atoms with Gasteiger partial charge in [0.15, 0.2) is 0 Å². The summed E-state index contributed by atoms with van der Waals surface area (Å²) < 4.78 is 20.7. The Labute approximate surface area is 281 Å².